The van der Waals surface area contributed by atoms with Crippen molar-refractivity contribution in [2.45, 2.75) is 25.8 Å². The minimum Gasteiger partial charge on any atom is -0.409 e. The molecule has 3 N–H and O–H groups in total. The number of pyridine rings is 1. The van der Waals surface area contributed by atoms with Crippen molar-refractivity contribution in [2.75, 3.05) is 5.32 Å². The van der Waals surface area contributed by atoms with Crippen molar-refractivity contribution < 1.29 is 45.4 Å². The summed E-state index contributed by atoms with van der Waals surface area (Å²) in [4.78, 5) is 28.9. The smallest absolute Gasteiger partial charge is 0.409 e. The van der Waals surface area contributed by atoms with E-state index in [1.165, 1.54) is 31.3 Å². The van der Waals surface area contributed by atoms with Crippen LogP contribution in [0.1, 0.15) is 32.0 Å². The summed E-state index contributed by atoms with van der Waals surface area (Å²) in [5, 5.41) is 14.8. The third-order valence-corrected chi connectivity index (χ3v) is 4.86. The fraction of sp³-hybridized carbons (Fsp3) is 0.190. The van der Waals surface area contributed by atoms with Crippen molar-refractivity contribution in [3.05, 3.63) is 63.9 Å². The molecule has 38 heavy (non-hydrogen) atoms. The molecule has 0 saturated heterocycles. The van der Waals surface area contributed by atoms with Crippen LogP contribution in [0, 0.1) is 18.3 Å². The Kier molecular flexibility index (Phi) is 7.84. The van der Waals surface area contributed by atoms with E-state index in [4.69, 9.17) is 22.6 Å². The number of benzene rings is 1. The Balaban J connectivity index is 2.06. The maximum Gasteiger partial charge on any atom is 0.525 e. The molecule has 1 atom stereocenters. The summed E-state index contributed by atoms with van der Waals surface area (Å²) in [6.45, 7) is 1.42. The molecule has 0 radical (unpaired) electrons. The van der Waals surface area contributed by atoms with Gasteiger partial charge >= 0.3 is 18.8 Å². The van der Waals surface area contributed by atoms with Crippen molar-refractivity contribution in [1.82, 2.24) is 14.8 Å². The van der Waals surface area contributed by atoms with Crippen LogP contribution in [0.3, 0.4) is 0 Å². The highest BCUT2D eigenvalue weighted by atomic mass is 35.5. The molecule has 0 aliphatic rings. The van der Waals surface area contributed by atoms with Gasteiger partial charge in [-0.3, -0.25) is 9.59 Å². The summed E-state index contributed by atoms with van der Waals surface area (Å²) < 4.78 is 85.3. The first kappa shape index (κ1) is 28.2. The number of alkyl halides is 6. The number of halogens is 7. The van der Waals surface area contributed by atoms with Crippen molar-refractivity contribution in [3.63, 3.8) is 0 Å². The molecule has 3 aromatic rings. The molecule has 0 aliphatic heterocycles. The van der Waals surface area contributed by atoms with Gasteiger partial charge in [0.2, 0.25) is 5.88 Å². The first-order valence-corrected chi connectivity index (χ1v) is 10.3. The molecule has 10 nitrogen and oxygen atoms in total. The Morgan fingerprint density at radius 3 is 2.50 bits per heavy atom. The van der Waals surface area contributed by atoms with Crippen molar-refractivity contribution in [1.29, 1.82) is 5.26 Å². The standard InChI is InChI=1S/C21H13ClF6N6O4/c1-9-5-10(8-29)6-11(16(30)35)15(9)32-18(36)13-7-14(33-34(13)17-12(22)3-2-4-31-17)37-20(24,25)19(23)38-21(26,27)28/h2-7,19H,1H3,(H2,30,35)(H,32,36). The summed E-state index contributed by atoms with van der Waals surface area (Å²) in [5.74, 6) is -3.70. The van der Waals surface area contributed by atoms with Crippen LogP contribution in [-0.2, 0) is 4.74 Å². The fourth-order valence-electron chi connectivity index (χ4n) is 3.03. The molecule has 200 valence electrons. The normalized spacial score (nSPS) is 12.5. The number of primary amides is 1. The average Bonchev–Trinajstić information content (AvgIpc) is 3.22. The largest absolute Gasteiger partial charge is 0.525 e. The van der Waals surface area contributed by atoms with Gasteiger partial charge in [-0.15, -0.1) is 18.3 Å². The minimum absolute atomic E-state index is 0.0411. The summed E-state index contributed by atoms with van der Waals surface area (Å²) in [7, 11) is 0. The molecule has 0 aliphatic carbocycles. The van der Waals surface area contributed by atoms with Gasteiger partial charge in [-0.05, 0) is 36.8 Å². The maximum absolute atomic E-state index is 14.0. The van der Waals surface area contributed by atoms with Crippen LogP contribution in [0.15, 0.2) is 36.5 Å². The zero-order valence-corrected chi connectivity index (χ0v) is 19.4. The molecular weight excluding hydrogens is 550 g/mol. The lowest BCUT2D eigenvalue weighted by molar-refractivity contribution is -0.411. The highest BCUT2D eigenvalue weighted by Gasteiger charge is 2.51. The molecule has 0 fully saturated rings. The highest BCUT2D eigenvalue weighted by Crippen LogP contribution is 2.33. The minimum atomic E-state index is -5.75. The molecule has 1 aromatic carbocycles. The van der Waals surface area contributed by atoms with E-state index in [1.807, 2.05) is 0 Å². The molecule has 0 bridgehead atoms. The van der Waals surface area contributed by atoms with Gasteiger partial charge < -0.3 is 15.8 Å². The number of aromatic nitrogens is 3. The SMILES string of the molecule is Cc1cc(C#N)cc(C(N)=O)c1NC(=O)c1cc(OC(F)(F)C(F)OC(F)(F)F)nn1-c1ncccc1Cl. The number of hydrogen-bond donors (Lipinski definition) is 2. The topological polar surface area (TPSA) is 145 Å². The number of nitrogens with one attached hydrogen (secondary N) is 1. The number of nitrogens with zero attached hydrogens (tertiary/aromatic N) is 4. The van der Waals surface area contributed by atoms with Crippen molar-refractivity contribution in [2.24, 2.45) is 5.73 Å². The second kappa shape index (κ2) is 10.6. The Bertz CT molecular complexity index is 1440. The number of nitrogens with two attached hydrogens (primary N) is 1. The number of ether oxygens (including phenoxy) is 2. The fourth-order valence-corrected chi connectivity index (χ4v) is 3.23. The van der Waals surface area contributed by atoms with Gasteiger partial charge in [0.05, 0.1) is 27.9 Å². The van der Waals surface area contributed by atoms with Crippen LogP contribution in [0.4, 0.5) is 32.0 Å². The Hall–Kier alpha value is -4.36. The number of anilines is 1. The van der Waals surface area contributed by atoms with E-state index in [0.717, 1.165) is 6.07 Å². The molecule has 3 rings (SSSR count). The van der Waals surface area contributed by atoms with Gasteiger partial charge in [0.25, 0.3) is 11.8 Å². The average molecular weight is 563 g/mol. The Morgan fingerprint density at radius 1 is 1.24 bits per heavy atom. The number of hydrogen-bond acceptors (Lipinski definition) is 7. The third kappa shape index (κ3) is 6.30. The van der Waals surface area contributed by atoms with Gasteiger partial charge in [-0.2, -0.15) is 14.0 Å². The predicted octanol–water partition coefficient (Wildman–Crippen LogP) is 4.26. The summed E-state index contributed by atoms with van der Waals surface area (Å²) in [6, 6.07) is 7.39. The molecular formula is C21H13ClF6N6O4. The number of carbonyl (C=O) groups is 2. The number of rotatable bonds is 8. The van der Waals surface area contributed by atoms with E-state index in [1.54, 1.807) is 6.07 Å². The second-order valence-electron chi connectivity index (χ2n) is 7.28. The van der Waals surface area contributed by atoms with Crippen molar-refractivity contribution in [3.8, 4) is 17.8 Å². The van der Waals surface area contributed by atoms with E-state index >= 15 is 0 Å². The Labute approximate surface area is 213 Å². The summed E-state index contributed by atoms with van der Waals surface area (Å²) in [6.07, 6.45) is -14.1. The van der Waals surface area contributed by atoms with Crippen LogP contribution >= 0.6 is 11.6 Å². The zero-order chi connectivity index (χ0) is 28.4. The molecule has 17 heteroatoms. The maximum atomic E-state index is 14.0. The summed E-state index contributed by atoms with van der Waals surface area (Å²) >= 11 is 6.05. The highest BCUT2D eigenvalue weighted by molar-refractivity contribution is 6.32. The summed E-state index contributed by atoms with van der Waals surface area (Å²) in [5.41, 5.74) is 4.52. The van der Waals surface area contributed by atoms with Gasteiger partial charge in [-0.1, -0.05) is 11.6 Å². The van der Waals surface area contributed by atoms with E-state index in [2.05, 4.69) is 24.9 Å². The van der Waals surface area contributed by atoms with Crippen LogP contribution in [-0.4, -0.2) is 45.4 Å². The first-order valence-electron chi connectivity index (χ1n) is 9.95. The monoisotopic (exact) mass is 562 g/mol. The number of amides is 2. The number of carbonyl (C=O) groups excluding carboxylic acids is 2. The molecule has 2 amide bonds. The lowest BCUT2D eigenvalue weighted by Crippen LogP contribution is -2.41. The Morgan fingerprint density at radius 2 is 1.92 bits per heavy atom. The van der Waals surface area contributed by atoms with E-state index in [-0.39, 0.29) is 33.2 Å². The van der Waals surface area contributed by atoms with Crippen LogP contribution in [0.25, 0.3) is 5.82 Å². The number of nitriles is 1. The predicted molar refractivity (Wildman–Crippen MR) is 116 cm³/mol. The van der Waals surface area contributed by atoms with Crippen LogP contribution in [0.5, 0.6) is 5.88 Å². The lowest BCUT2D eigenvalue weighted by atomic mass is 10.0. The van der Waals surface area contributed by atoms with E-state index in [9.17, 15) is 35.9 Å². The van der Waals surface area contributed by atoms with Gasteiger partial charge in [0.15, 0.2) is 5.82 Å². The molecule has 2 aromatic heterocycles. The molecule has 1 unspecified atom stereocenters. The van der Waals surface area contributed by atoms with Crippen molar-refractivity contribution >= 4 is 29.1 Å². The second-order valence-corrected chi connectivity index (χ2v) is 7.69. The third-order valence-electron chi connectivity index (χ3n) is 4.57. The van der Waals surface area contributed by atoms with E-state index in [0.29, 0.717) is 10.7 Å². The molecule has 0 spiro atoms. The van der Waals surface area contributed by atoms with Crippen LogP contribution < -0.4 is 15.8 Å². The van der Waals surface area contributed by atoms with E-state index < -0.39 is 42.2 Å². The van der Waals surface area contributed by atoms with Gasteiger partial charge in [0, 0.05) is 12.3 Å². The zero-order valence-electron chi connectivity index (χ0n) is 18.7. The molecule has 0 saturated carbocycles. The quantitative estimate of drug-likeness (QED) is 0.390. The lowest BCUT2D eigenvalue weighted by Gasteiger charge is -2.20. The van der Waals surface area contributed by atoms with Gasteiger partial charge in [0.1, 0.15) is 5.69 Å². The number of aryl methyl sites for hydroxylation is 1. The van der Waals surface area contributed by atoms with Gasteiger partial charge in [-0.25, -0.2) is 18.8 Å². The van der Waals surface area contributed by atoms with Crippen LogP contribution in [0.2, 0.25) is 5.02 Å². The first-order chi connectivity index (χ1) is 17.6. The molecule has 2 heterocycles.